The average molecular weight is 281 g/mol. The molecule has 0 saturated heterocycles. The summed E-state index contributed by atoms with van der Waals surface area (Å²) in [6.45, 7) is 3.42. The molecule has 1 heterocycles. The summed E-state index contributed by atoms with van der Waals surface area (Å²) in [5.74, 6) is -1.26. The second-order valence-electron chi connectivity index (χ2n) is 4.04. The molecule has 1 N–H and O–H groups in total. The molecule has 0 aromatic carbocycles. The number of aliphatic carboxylic acids is 1. The van der Waals surface area contributed by atoms with E-state index in [1.54, 1.807) is 19.9 Å². The molecule has 1 aromatic heterocycles. The lowest BCUT2D eigenvalue weighted by Crippen LogP contribution is -2.22. The van der Waals surface area contributed by atoms with Crippen LogP contribution < -0.4 is 0 Å². The Labute approximate surface area is 113 Å². The van der Waals surface area contributed by atoms with E-state index in [4.69, 9.17) is 10.4 Å². The van der Waals surface area contributed by atoms with E-state index in [1.807, 2.05) is 0 Å². The Morgan fingerprint density at radius 1 is 1.63 bits per heavy atom. The summed E-state index contributed by atoms with van der Waals surface area (Å²) < 4.78 is 0. The molecule has 0 aliphatic carbocycles. The van der Waals surface area contributed by atoms with Crippen LogP contribution in [0.3, 0.4) is 0 Å². The van der Waals surface area contributed by atoms with Gasteiger partial charge in [-0.05, 0) is 5.92 Å². The molecule has 0 bridgehead atoms. The number of pyridine rings is 1. The normalized spacial score (nSPS) is 11.9. The number of rotatable bonds is 5. The van der Waals surface area contributed by atoms with E-state index in [9.17, 15) is 14.9 Å². The fraction of sp³-hybridized carbons (Fsp3) is 0.364. The molecule has 19 heavy (non-hydrogen) atoms. The van der Waals surface area contributed by atoms with Crippen molar-refractivity contribution >= 4 is 23.4 Å². The second-order valence-corrected chi connectivity index (χ2v) is 5.17. The first-order chi connectivity index (χ1) is 8.86. The Hall–Kier alpha value is -2.14. The number of hydrogen-bond donors (Lipinski definition) is 1. The van der Waals surface area contributed by atoms with Gasteiger partial charge in [-0.3, -0.25) is 14.9 Å². The van der Waals surface area contributed by atoms with Crippen LogP contribution in [0.2, 0.25) is 0 Å². The van der Waals surface area contributed by atoms with Gasteiger partial charge in [0.05, 0.1) is 10.5 Å². The summed E-state index contributed by atoms with van der Waals surface area (Å²) >= 11 is 0.817. The molecule has 0 spiro atoms. The molecular formula is C11H11N3O4S. The van der Waals surface area contributed by atoms with Gasteiger partial charge in [0.1, 0.15) is 11.3 Å². The van der Waals surface area contributed by atoms with E-state index in [1.165, 1.54) is 6.20 Å². The molecule has 0 amide bonds. The van der Waals surface area contributed by atoms with Crippen molar-refractivity contribution in [2.24, 2.45) is 5.92 Å². The van der Waals surface area contributed by atoms with Crippen molar-refractivity contribution in [3.05, 3.63) is 27.9 Å². The summed E-state index contributed by atoms with van der Waals surface area (Å²) in [6.07, 6.45) is 1.19. The lowest BCUT2D eigenvalue weighted by Gasteiger charge is -2.14. The van der Waals surface area contributed by atoms with Crippen molar-refractivity contribution in [3.63, 3.8) is 0 Å². The van der Waals surface area contributed by atoms with Gasteiger partial charge in [-0.25, -0.2) is 4.98 Å². The van der Waals surface area contributed by atoms with Crippen LogP contribution in [0.15, 0.2) is 17.3 Å². The quantitative estimate of drug-likeness (QED) is 0.498. The number of carboxylic acid groups (broad SMARTS) is 1. The van der Waals surface area contributed by atoms with Crippen LogP contribution in [0.25, 0.3) is 0 Å². The van der Waals surface area contributed by atoms with Crippen LogP contribution in [0, 0.1) is 27.4 Å². The van der Waals surface area contributed by atoms with Crippen LogP contribution >= 0.6 is 11.8 Å². The molecule has 1 atom stereocenters. The van der Waals surface area contributed by atoms with Crippen LogP contribution in [0.5, 0.6) is 0 Å². The number of thioether (sulfide) groups is 1. The highest BCUT2D eigenvalue weighted by Crippen LogP contribution is 2.33. The Morgan fingerprint density at radius 2 is 2.26 bits per heavy atom. The van der Waals surface area contributed by atoms with E-state index in [0.29, 0.717) is 0 Å². The molecule has 0 radical (unpaired) electrons. The number of nitro groups is 1. The smallest absolute Gasteiger partial charge is 0.317 e. The van der Waals surface area contributed by atoms with Gasteiger partial charge in [0.25, 0.3) is 0 Å². The lowest BCUT2D eigenvalue weighted by atomic mass is 10.1. The molecule has 1 rings (SSSR count). The predicted octanol–water partition coefficient (Wildman–Crippen LogP) is 2.06. The van der Waals surface area contributed by atoms with Gasteiger partial charge in [-0.1, -0.05) is 25.6 Å². The van der Waals surface area contributed by atoms with Crippen molar-refractivity contribution in [2.45, 2.75) is 24.1 Å². The Morgan fingerprint density at radius 3 is 2.68 bits per heavy atom. The number of nitrogens with zero attached hydrogens (tertiary/aromatic N) is 3. The van der Waals surface area contributed by atoms with E-state index >= 15 is 0 Å². The lowest BCUT2D eigenvalue weighted by molar-refractivity contribution is -0.388. The van der Waals surface area contributed by atoms with E-state index in [-0.39, 0.29) is 22.2 Å². The molecule has 0 aliphatic heterocycles. The van der Waals surface area contributed by atoms with Gasteiger partial charge < -0.3 is 5.11 Å². The molecule has 0 saturated carbocycles. The summed E-state index contributed by atoms with van der Waals surface area (Å²) in [6, 6.07) is 2.85. The number of nitriles is 1. The average Bonchev–Trinajstić information content (AvgIpc) is 2.34. The fourth-order valence-electron chi connectivity index (χ4n) is 1.32. The maximum atomic E-state index is 11.1. The van der Waals surface area contributed by atoms with Gasteiger partial charge >= 0.3 is 11.7 Å². The first kappa shape index (κ1) is 14.9. The van der Waals surface area contributed by atoms with Crippen LogP contribution in [0.1, 0.15) is 19.4 Å². The third-order valence-electron chi connectivity index (χ3n) is 2.25. The number of carboxylic acids is 1. The second kappa shape index (κ2) is 6.15. The van der Waals surface area contributed by atoms with Crippen LogP contribution in [-0.4, -0.2) is 26.2 Å². The van der Waals surface area contributed by atoms with Crippen molar-refractivity contribution in [1.29, 1.82) is 5.26 Å². The predicted molar refractivity (Wildman–Crippen MR) is 67.7 cm³/mol. The standard InChI is InChI=1S/C11H11N3O4S/c1-6(2)9(11(15)16)19-10-8(14(17)18)3-7(4-12)5-13-10/h3,5-6,9H,1-2H3,(H,15,16). The largest absolute Gasteiger partial charge is 0.480 e. The van der Waals surface area contributed by atoms with Gasteiger partial charge in [-0.2, -0.15) is 5.26 Å². The Balaban J connectivity index is 3.17. The summed E-state index contributed by atoms with van der Waals surface area (Å²) in [7, 11) is 0. The zero-order valence-corrected chi connectivity index (χ0v) is 11.0. The minimum absolute atomic E-state index is 0.00472. The van der Waals surface area contributed by atoms with Crippen LogP contribution in [0.4, 0.5) is 5.69 Å². The van der Waals surface area contributed by atoms with E-state index < -0.39 is 16.1 Å². The monoisotopic (exact) mass is 281 g/mol. The van der Waals surface area contributed by atoms with Gasteiger partial charge in [0, 0.05) is 12.3 Å². The number of hydrogen-bond acceptors (Lipinski definition) is 6. The molecule has 0 aliphatic rings. The van der Waals surface area contributed by atoms with Gasteiger partial charge in [0.15, 0.2) is 5.03 Å². The third kappa shape index (κ3) is 3.66. The highest BCUT2D eigenvalue weighted by molar-refractivity contribution is 8.00. The van der Waals surface area contributed by atoms with Crippen molar-refractivity contribution in [2.75, 3.05) is 0 Å². The van der Waals surface area contributed by atoms with Crippen molar-refractivity contribution < 1.29 is 14.8 Å². The Kier molecular flexibility index (Phi) is 4.83. The first-order valence-electron chi connectivity index (χ1n) is 5.30. The number of carbonyl (C=O) groups is 1. The molecule has 0 fully saturated rings. The zero-order valence-electron chi connectivity index (χ0n) is 10.2. The SMILES string of the molecule is CC(C)C(Sc1ncc(C#N)cc1[N+](=O)[O-])C(=O)O. The van der Waals surface area contributed by atoms with Crippen molar-refractivity contribution in [1.82, 2.24) is 4.98 Å². The highest BCUT2D eigenvalue weighted by Gasteiger charge is 2.27. The Bertz CT molecular complexity index is 553. The molecule has 100 valence electrons. The maximum Gasteiger partial charge on any atom is 0.317 e. The maximum absolute atomic E-state index is 11.1. The molecule has 1 aromatic rings. The molecule has 1 unspecified atom stereocenters. The zero-order chi connectivity index (χ0) is 14.6. The summed E-state index contributed by atoms with van der Waals surface area (Å²) in [5.41, 5.74) is -0.288. The number of aromatic nitrogens is 1. The topological polar surface area (TPSA) is 117 Å². The summed E-state index contributed by atoms with van der Waals surface area (Å²) in [5, 5.41) is 27.8. The third-order valence-corrected chi connectivity index (χ3v) is 3.78. The highest BCUT2D eigenvalue weighted by atomic mass is 32.2. The van der Waals surface area contributed by atoms with Gasteiger partial charge in [0.2, 0.25) is 0 Å². The van der Waals surface area contributed by atoms with Crippen LogP contribution in [-0.2, 0) is 4.79 Å². The van der Waals surface area contributed by atoms with Crippen molar-refractivity contribution in [3.8, 4) is 6.07 Å². The van der Waals surface area contributed by atoms with E-state index in [2.05, 4.69) is 4.98 Å². The molecular weight excluding hydrogens is 270 g/mol. The summed E-state index contributed by atoms with van der Waals surface area (Å²) in [4.78, 5) is 25.1. The molecule has 7 nitrogen and oxygen atoms in total. The first-order valence-corrected chi connectivity index (χ1v) is 6.18. The minimum Gasteiger partial charge on any atom is -0.480 e. The van der Waals surface area contributed by atoms with Gasteiger partial charge in [-0.15, -0.1) is 0 Å². The molecule has 8 heteroatoms. The minimum atomic E-state index is -1.06. The fourth-order valence-corrected chi connectivity index (χ4v) is 2.30. The van der Waals surface area contributed by atoms with E-state index in [0.717, 1.165) is 17.8 Å².